The number of rotatable bonds is 2. The van der Waals surface area contributed by atoms with E-state index >= 15 is 0 Å². The molecule has 112 valence electrons. The normalized spacial score (nSPS) is 23.1. The average molecular weight is 293 g/mol. The molecule has 0 fully saturated rings. The molecule has 0 saturated heterocycles. The van der Waals surface area contributed by atoms with Gasteiger partial charge in [-0.1, -0.05) is 31.4 Å². The number of aromatic nitrogens is 1. The van der Waals surface area contributed by atoms with Gasteiger partial charge in [-0.25, -0.2) is 0 Å². The molecule has 4 N–H and O–H groups in total. The second-order valence-electron chi connectivity index (χ2n) is 6.13. The standard InChI is InChI=1S/C18H19N3O/c1-10(22)13-6-15-14-4-3-5-16-18(14)12(8-20-16)7-17(15)21(9-13)11(2)19/h3-6,8,13,17,20,22H,1-2,7,9,19H2. The minimum atomic E-state index is -0.123. The van der Waals surface area contributed by atoms with Gasteiger partial charge in [0, 0.05) is 23.6 Å². The monoisotopic (exact) mass is 293 g/mol. The molecule has 1 aliphatic carbocycles. The minimum absolute atomic E-state index is 0.123. The molecular formula is C18H19N3O. The van der Waals surface area contributed by atoms with Crippen LogP contribution < -0.4 is 5.73 Å². The van der Waals surface area contributed by atoms with Gasteiger partial charge in [-0.2, -0.15) is 0 Å². The van der Waals surface area contributed by atoms with E-state index in [1.165, 1.54) is 22.1 Å². The van der Waals surface area contributed by atoms with E-state index in [1.807, 2.05) is 0 Å². The van der Waals surface area contributed by atoms with E-state index in [0.717, 1.165) is 11.9 Å². The van der Waals surface area contributed by atoms with Crippen LogP contribution in [0.3, 0.4) is 0 Å². The lowest BCUT2D eigenvalue weighted by Crippen LogP contribution is -2.46. The van der Waals surface area contributed by atoms with Crippen molar-refractivity contribution in [1.29, 1.82) is 0 Å². The van der Waals surface area contributed by atoms with Crippen molar-refractivity contribution in [3.05, 3.63) is 66.3 Å². The number of nitrogens with one attached hydrogen (secondary N) is 1. The van der Waals surface area contributed by atoms with Crippen LogP contribution in [-0.4, -0.2) is 27.6 Å². The fourth-order valence-electron chi connectivity index (χ4n) is 3.76. The number of fused-ring (bicyclic) bond motifs is 2. The number of hydrogen-bond acceptors (Lipinski definition) is 3. The molecular weight excluding hydrogens is 274 g/mol. The van der Waals surface area contributed by atoms with Crippen molar-refractivity contribution >= 4 is 16.5 Å². The van der Waals surface area contributed by atoms with Gasteiger partial charge in [0.1, 0.15) is 0 Å². The summed E-state index contributed by atoms with van der Waals surface area (Å²) in [5.41, 5.74) is 10.9. The summed E-state index contributed by atoms with van der Waals surface area (Å²) in [6.07, 6.45) is 5.11. The highest BCUT2D eigenvalue weighted by Crippen LogP contribution is 2.42. The van der Waals surface area contributed by atoms with Gasteiger partial charge in [-0.05, 0) is 29.2 Å². The number of aromatic amines is 1. The van der Waals surface area contributed by atoms with Gasteiger partial charge in [-0.15, -0.1) is 0 Å². The van der Waals surface area contributed by atoms with Crippen LogP contribution in [0, 0.1) is 5.92 Å². The molecule has 22 heavy (non-hydrogen) atoms. The molecule has 4 nitrogen and oxygen atoms in total. The Kier molecular flexibility index (Phi) is 2.64. The molecule has 4 rings (SSSR count). The molecule has 1 aromatic heterocycles. The molecule has 0 saturated carbocycles. The van der Waals surface area contributed by atoms with Crippen LogP contribution in [0.15, 0.2) is 55.2 Å². The average Bonchev–Trinajstić information content (AvgIpc) is 2.91. The smallest absolute Gasteiger partial charge is 0.0937 e. The second-order valence-corrected chi connectivity index (χ2v) is 6.13. The summed E-state index contributed by atoms with van der Waals surface area (Å²) in [5.74, 6) is 0.583. The van der Waals surface area contributed by atoms with Gasteiger partial charge in [0.25, 0.3) is 0 Å². The number of nitrogens with two attached hydrogens (primary N) is 1. The number of aliphatic hydroxyl groups excluding tert-OH is 1. The van der Waals surface area contributed by atoms with Gasteiger partial charge in [0.2, 0.25) is 0 Å². The predicted octanol–water partition coefficient (Wildman–Crippen LogP) is 2.91. The third-order valence-electron chi connectivity index (χ3n) is 4.82. The second kappa shape index (κ2) is 4.44. The van der Waals surface area contributed by atoms with Crippen molar-refractivity contribution in [2.75, 3.05) is 6.54 Å². The highest BCUT2D eigenvalue weighted by Gasteiger charge is 2.36. The molecule has 4 heteroatoms. The number of H-pyrrole nitrogens is 1. The number of nitrogens with zero attached hydrogens (tertiary/aromatic N) is 1. The van der Waals surface area contributed by atoms with Gasteiger partial charge >= 0.3 is 0 Å². The summed E-state index contributed by atoms with van der Waals surface area (Å²) in [4.78, 5) is 5.42. The zero-order valence-corrected chi connectivity index (χ0v) is 12.3. The fourth-order valence-corrected chi connectivity index (χ4v) is 3.76. The molecule has 1 aliphatic heterocycles. The molecule has 2 heterocycles. The van der Waals surface area contributed by atoms with E-state index in [0.29, 0.717) is 12.4 Å². The Hall–Kier alpha value is -2.62. The van der Waals surface area contributed by atoms with Crippen molar-refractivity contribution in [1.82, 2.24) is 9.88 Å². The van der Waals surface area contributed by atoms with Crippen molar-refractivity contribution in [3.8, 4) is 0 Å². The molecule has 2 aliphatic rings. The lowest BCUT2D eigenvalue weighted by atomic mass is 9.79. The largest absolute Gasteiger partial charge is 0.512 e. The first-order valence-electron chi connectivity index (χ1n) is 7.46. The minimum Gasteiger partial charge on any atom is -0.512 e. The van der Waals surface area contributed by atoms with Gasteiger partial charge in [-0.3, -0.25) is 0 Å². The van der Waals surface area contributed by atoms with Crippen LogP contribution >= 0.6 is 0 Å². The molecule has 2 unspecified atom stereocenters. The molecule has 1 aromatic carbocycles. The van der Waals surface area contributed by atoms with E-state index < -0.39 is 0 Å². The number of benzene rings is 1. The van der Waals surface area contributed by atoms with E-state index in [1.54, 1.807) is 0 Å². The Bertz CT molecular complexity index is 830. The van der Waals surface area contributed by atoms with Crippen molar-refractivity contribution in [2.45, 2.75) is 12.5 Å². The van der Waals surface area contributed by atoms with E-state index in [9.17, 15) is 5.11 Å². The van der Waals surface area contributed by atoms with E-state index in [4.69, 9.17) is 5.73 Å². The Morgan fingerprint density at radius 3 is 2.91 bits per heavy atom. The number of aliphatic hydroxyl groups is 1. The van der Waals surface area contributed by atoms with Crippen LogP contribution in [0.4, 0.5) is 0 Å². The molecule has 2 atom stereocenters. The third kappa shape index (κ3) is 1.70. The zero-order chi connectivity index (χ0) is 15.4. The summed E-state index contributed by atoms with van der Waals surface area (Å²) < 4.78 is 0. The Morgan fingerprint density at radius 2 is 2.18 bits per heavy atom. The molecule has 0 spiro atoms. The quantitative estimate of drug-likeness (QED) is 0.746. The molecule has 2 aromatic rings. The van der Waals surface area contributed by atoms with Gasteiger partial charge in [0.15, 0.2) is 0 Å². The van der Waals surface area contributed by atoms with E-state index in [-0.39, 0.29) is 17.7 Å². The topological polar surface area (TPSA) is 65.3 Å². The molecule has 0 bridgehead atoms. The summed E-state index contributed by atoms with van der Waals surface area (Å²) in [5, 5.41) is 11.1. The molecule has 0 radical (unpaired) electrons. The summed E-state index contributed by atoms with van der Waals surface area (Å²) >= 11 is 0. The fraction of sp³-hybridized carbons (Fsp3) is 0.222. The van der Waals surface area contributed by atoms with E-state index in [2.05, 4.69) is 53.5 Å². The number of hydrogen-bond donors (Lipinski definition) is 3. The van der Waals surface area contributed by atoms with Crippen LogP contribution in [0.2, 0.25) is 0 Å². The lowest BCUT2D eigenvalue weighted by molar-refractivity contribution is 0.234. The predicted molar refractivity (Wildman–Crippen MR) is 89.1 cm³/mol. The van der Waals surface area contributed by atoms with Gasteiger partial charge < -0.3 is 20.7 Å². The van der Waals surface area contributed by atoms with Crippen LogP contribution in [0.25, 0.3) is 16.5 Å². The maximum Gasteiger partial charge on any atom is 0.0937 e. The first-order chi connectivity index (χ1) is 10.6. The maximum absolute atomic E-state index is 9.87. The lowest BCUT2D eigenvalue weighted by Gasteiger charge is -2.42. The van der Waals surface area contributed by atoms with Crippen LogP contribution in [-0.2, 0) is 6.42 Å². The summed E-state index contributed by atoms with van der Waals surface area (Å²) in [7, 11) is 0. The van der Waals surface area contributed by atoms with Crippen LogP contribution in [0.1, 0.15) is 11.1 Å². The first-order valence-corrected chi connectivity index (χ1v) is 7.46. The Balaban J connectivity index is 1.95. The third-order valence-corrected chi connectivity index (χ3v) is 4.82. The summed E-state index contributed by atoms with van der Waals surface area (Å²) in [6, 6.07) is 6.45. The van der Waals surface area contributed by atoms with Gasteiger partial charge in [0.05, 0.1) is 23.5 Å². The van der Waals surface area contributed by atoms with Crippen molar-refractivity contribution in [3.63, 3.8) is 0 Å². The maximum atomic E-state index is 9.87. The zero-order valence-electron chi connectivity index (χ0n) is 12.3. The van der Waals surface area contributed by atoms with Crippen molar-refractivity contribution in [2.24, 2.45) is 11.7 Å². The SMILES string of the molecule is C=C(O)C1C=C2c3cccc4[nH]cc(c34)CC2N(C(=C)N)C1. The Labute approximate surface area is 129 Å². The Morgan fingerprint density at radius 1 is 1.36 bits per heavy atom. The first kappa shape index (κ1) is 13.1. The van der Waals surface area contributed by atoms with Crippen molar-refractivity contribution < 1.29 is 5.11 Å². The van der Waals surface area contributed by atoms with Crippen LogP contribution in [0.5, 0.6) is 0 Å². The molecule has 0 amide bonds. The highest BCUT2D eigenvalue weighted by atomic mass is 16.3. The highest BCUT2D eigenvalue weighted by molar-refractivity contribution is 5.98. The summed E-state index contributed by atoms with van der Waals surface area (Å²) in [6.45, 7) is 8.23.